The predicted octanol–water partition coefficient (Wildman–Crippen LogP) is 2.16. The second kappa shape index (κ2) is 8.16. The van der Waals surface area contributed by atoms with Crippen LogP contribution in [0.25, 0.3) is 6.08 Å². The number of hydrogen-bond acceptors (Lipinski definition) is 6. The summed E-state index contributed by atoms with van der Waals surface area (Å²) in [5, 5.41) is 2.60. The monoisotopic (exact) mass is 431 g/mol. The average molecular weight is 432 g/mol. The van der Waals surface area contributed by atoms with E-state index in [1.807, 2.05) is 18.2 Å². The Morgan fingerprint density at radius 3 is 2.69 bits per heavy atom. The van der Waals surface area contributed by atoms with Crippen molar-refractivity contribution in [3.8, 4) is 5.75 Å². The zero-order valence-corrected chi connectivity index (χ0v) is 17.6. The lowest BCUT2D eigenvalue weighted by Crippen LogP contribution is -2.46. The second-order valence-electron chi connectivity index (χ2n) is 7.20. The molecule has 3 amide bonds. The number of likely N-dealkylation sites (tertiary alicyclic amines) is 1. The van der Waals surface area contributed by atoms with Crippen molar-refractivity contribution in [2.45, 2.75) is 19.8 Å². The molecule has 9 heteroatoms. The fourth-order valence-corrected chi connectivity index (χ4v) is 4.83. The smallest absolute Gasteiger partial charge is 0.263 e. The first-order valence-electron chi connectivity index (χ1n) is 9.51. The van der Waals surface area contributed by atoms with Crippen LogP contribution in [0, 0.1) is 5.92 Å². The van der Waals surface area contributed by atoms with Crippen LogP contribution >= 0.6 is 24.0 Å². The van der Waals surface area contributed by atoms with Gasteiger partial charge in [-0.1, -0.05) is 30.0 Å². The van der Waals surface area contributed by atoms with E-state index < -0.39 is 0 Å². The SMILES string of the molecule is CC(=O)N1CCC(C(=O)N2CCOc3ccc(C=C4SC(=S)NC4=O)cc32)CC1. The second-order valence-corrected chi connectivity index (χ2v) is 8.92. The van der Waals surface area contributed by atoms with Gasteiger partial charge in [0.1, 0.15) is 16.7 Å². The molecule has 4 rings (SSSR count). The zero-order chi connectivity index (χ0) is 20.5. The van der Waals surface area contributed by atoms with Gasteiger partial charge in [0.15, 0.2) is 0 Å². The molecule has 0 bridgehead atoms. The van der Waals surface area contributed by atoms with Gasteiger partial charge in [-0.3, -0.25) is 14.4 Å². The zero-order valence-electron chi connectivity index (χ0n) is 16.0. The highest BCUT2D eigenvalue weighted by molar-refractivity contribution is 8.26. The summed E-state index contributed by atoms with van der Waals surface area (Å²) in [4.78, 5) is 40.8. The van der Waals surface area contributed by atoms with Crippen LogP contribution in [-0.4, -0.2) is 53.2 Å². The lowest BCUT2D eigenvalue weighted by molar-refractivity contribution is -0.133. The molecule has 3 heterocycles. The first-order chi connectivity index (χ1) is 13.9. The Hall–Kier alpha value is -2.39. The van der Waals surface area contributed by atoms with Gasteiger partial charge >= 0.3 is 0 Å². The van der Waals surface area contributed by atoms with E-state index in [2.05, 4.69) is 5.32 Å². The highest BCUT2D eigenvalue weighted by Crippen LogP contribution is 2.36. The third-order valence-electron chi connectivity index (χ3n) is 5.34. The Morgan fingerprint density at radius 1 is 1.28 bits per heavy atom. The van der Waals surface area contributed by atoms with Crippen LogP contribution in [0.5, 0.6) is 5.75 Å². The van der Waals surface area contributed by atoms with Crippen molar-refractivity contribution in [2.24, 2.45) is 5.92 Å². The number of nitrogens with one attached hydrogen (secondary N) is 1. The Labute approximate surface area is 178 Å². The number of nitrogens with zero attached hydrogens (tertiary/aromatic N) is 2. The lowest BCUT2D eigenvalue weighted by atomic mass is 9.94. The molecule has 1 aromatic carbocycles. The number of benzene rings is 1. The number of carbonyl (C=O) groups excluding carboxylic acids is 3. The molecule has 7 nitrogen and oxygen atoms in total. The van der Waals surface area contributed by atoms with Gasteiger partial charge in [0.2, 0.25) is 11.8 Å². The fourth-order valence-electron chi connectivity index (χ4n) is 3.79. The molecule has 0 aromatic heterocycles. The van der Waals surface area contributed by atoms with Crippen molar-refractivity contribution in [3.63, 3.8) is 0 Å². The molecule has 0 aliphatic carbocycles. The third kappa shape index (κ3) is 4.16. The minimum atomic E-state index is -0.209. The molecule has 0 spiro atoms. The van der Waals surface area contributed by atoms with Gasteiger partial charge in [-0.15, -0.1) is 0 Å². The van der Waals surface area contributed by atoms with E-state index in [-0.39, 0.29) is 23.6 Å². The molecule has 0 atom stereocenters. The Kier molecular flexibility index (Phi) is 5.60. The summed E-state index contributed by atoms with van der Waals surface area (Å²) in [5.74, 6) is 0.466. The number of ether oxygens (including phenoxy) is 1. The van der Waals surface area contributed by atoms with Crippen molar-refractivity contribution >= 4 is 57.8 Å². The molecule has 152 valence electrons. The topological polar surface area (TPSA) is 79.0 Å². The van der Waals surface area contributed by atoms with Gasteiger partial charge in [0.25, 0.3) is 5.91 Å². The summed E-state index contributed by atoms with van der Waals surface area (Å²) < 4.78 is 6.17. The van der Waals surface area contributed by atoms with E-state index in [4.69, 9.17) is 17.0 Å². The predicted molar refractivity (Wildman–Crippen MR) is 116 cm³/mol. The summed E-state index contributed by atoms with van der Waals surface area (Å²) in [7, 11) is 0. The third-order valence-corrected chi connectivity index (χ3v) is 6.50. The number of anilines is 1. The van der Waals surface area contributed by atoms with Crippen LogP contribution in [0.2, 0.25) is 0 Å². The van der Waals surface area contributed by atoms with Gasteiger partial charge < -0.3 is 19.9 Å². The van der Waals surface area contributed by atoms with Crippen LogP contribution in [-0.2, 0) is 14.4 Å². The number of fused-ring (bicyclic) bond motifs is 1. The highest BCUT2D eigenvalue weighted by atomic mass is 32.2. The summed E-state index contributed by atoms with van der Waals surface area (Å²) in [6.07, 6.45) is 3.11. The molecule has 3 aliphatic heterocycles. The Morgan fingerprint density at radius 2 is 2.03 bits per heavy atom. The first-order valence-corrected chi connectivity index (χ1v) is 10.7. The van der Waals surface area contributed by atoms with Crippen LogP contribution in [0.3, 0.4) is 0 Å². The van der Waals surface area contributed by atoms with E-state index in [1.165, 1.54) is 11.8 Å². The maximum absolute atomic E-state index is 13.2. The van der Waals surface area contributed by atoms with Gasteiger partial charge in [-0.25, -0.2) is 0 Å². The standard InChI is InChI=1S/C20H21N3O4S2/c1-12(24)22-6-4-14(5-7-22)19(26)23-8-9-27-16-3-2-13(10-15(16)23)11-17-18(25)21-20(28)29-17/h2-3,10-11,14H,4-9H2,1H3,(H,21,25,28). The molecular formula is C20H21N3O4S2. The Balaban J connectivity index is 1.55. The number of amides is 3. The van der Waals surface area contributed by atoms with Gasteiger partial charge in [0.05, 0.1) is 17.1 Å². The molecule has 2 fully saturated rings. The van der Waals surface area contributed by atoms with Gasteiger partial charge in [-0.05, 0) is 36.6 Å². The van der Waals surface area contributed by atoms with E-state index in [0.717, 1.165) is 11.3 Å². The quantitative estimate of drug-likeness (QED) is 0.571. The maximum Gasteiger partial charge on any atom is 0.263 e. The summed E-state index contributed by atoms with van der Waals surface area (Å²) >= 11 is 6.26. The van der Waals surface area contributed by atoms with Crippen LogP contribution in [0.15, 0.2) is 23.1 Å². The number of thiocarbonyl (C=S) groups is 1. The first kappa shape index (κ1) is 19.9. The average Bonchev–Trinajstić information content (AvgIpc) is 3.03. The van der Waals surface area contributed by atoms with Crippen LogP contribution in [0.1, 0.15) is 25.3 Å². The van der Waals surface area contributed by atoms with Crippen molar-refractivity contribution < 1.29 is 19.1 Å². The number of rotatable bonds is 2. The van der Waals surface area contributed by atoms with Crippen LogP contribution < -0.4 is 15.0 Å². The molecule has 3 aliphatic rings. The van der Waals surface area contributed by atoms with Crippen molar-refractivity contribution in [1.29, 1.82) is 0 Å². The molecule has 29 heavy (non-hydrogen) atoms. The molecule has 1 aromatic rings. The van der Waals surface area contributed by atoms with E-state index >= 15 is 0 Å². The summed E-state index contributed by atoms with van der Waals surface area (Å²) in [6, 6.07) is 5.56. The number of piperidine rings is 1. The number of thioether (sulfide) groups is 1. The van der Waals surface area contributed by atoms with E-state index in [1.54, 1.807) is 22.8 Å². The van der Waals surface area contributed by atoms with Crippen molar-refractivity contribution in [3.05, 3.63) is 28.7 Å². The van der Waals surface area contributed by atoms with Gasteiger partial charge in [0, 0.05) is 25.9 Å². The maximum atomic E-state index is 13.2. The molecule has 0 unspecified atom stereocenters. The van der Waals surface area contributed by atoms with Gasteiger partial charge in [-0.2, -0.15) is 0 Å². The Bertz CT molecular complexity index is 922. The minimum Gasteiger partial charge on any atom is -0.490 e. The molecular weight excluding hydrogens is 410 g/mol. The summed E-state index contributed by atoms with van der Waals surface area (Å²) in [5.41, 5.74) is 1.52. The largest absolute Gasteiger partial charge is 0.490 e. The minimum absolute atomic E-state index is 0.0543. The van der Waals surface area contributed by atoms with Crippen LogP contribution in [0.4, 0.5) is 5.69 Å². The molecule has 0 radical (unpaired) electrons. The number of hydrogen-bond donors (Lipinski definition) is 1. The van der Waals surface area contributed by atoms with Crippen molar-refractivity contribution in [1.82, 2.24) is 10.2 Å². The number of carbonyl (C=O) groups is 3. The molecule has 0 saturated carbocycles. The fraction of sp³-hybridized carbons (Fsp3) is 0.400. The van der Waals surface area contributed by atoms with E-state index in [0.29, 0.717) is 54.1 Å². The van der Waals surface area contributed by atoms with E-state index in [9.17, 15) is 14.4 Å². The lowest BCUT2D eigenvalue weighted by Gasteiger charge is -2.36. The summed E-state index contributed by atoms with van der Waals surface area (Å²) in [6.45, 7) is 3.71. The molecule has 2 saturated heterocycles. The normalized spacial score (nSPS) is 21.1. The van der Waals surface area contributed by atoms with Crippen molar-refractivity contribution in [2.75, 3.05) is 31.1 Å². The molecule has 1 N–H and O–H groups in total. The highest BCUT2D eigenvalue weighted by Gasteiger charge is 2.32.